The molecule has 3 aromatic rings. The number of carbonyl (C=O) groups is 1. The molecule has 0 fully saturated rings. The van der Waals surface area contributed by atoms with Gasteiger partial charge in [0.25, 0.3) is 11.5 Å². The number of aromatic nitrogens is 1. The number of amides is 1. The largest absolute Gasteiger partial charge is 0.506 e. The summed E-state index contributed by atoms with van der Waals surface area (Å²) in [6, 6.07) is 11.9. The van der Waals surface area contributed by atoms with Crippen LogP contribution in [0.1, 0.15) is 55.8 Å². The van der Waals surface area contributed by atoms with Gasteiger partial charge in [0, 0.05) is 11.9 Å². The molecule has 31 heavy (non-hydrogen) atoms. The maximum Gasteiger partial charge on any atom is 0.267 e. The number of aryl methyl sites for hydroxylation is 1. The van der Waals surface area contributed by atoms with Crippen molar-refractivity contribution in [1.82, 2.24) is 4.57 Å². The molecule has 0 saturated heterocycles. The first-order valence-electron chi connectivity index (χ1n) is 10.6. The SMILES string of the molecule is CCCCCCCCn1c(=O)c(C(=O)Nc2cccc(Cl)c2Cl)c(O)c2ccccc21. The summed E-state index contributed by atoms with van der Waals surface area (Å²) >= 11 is 12.2. The molecule has 0 saturated carbocycles. The van der Waals surface area contributed by atoms with Crippen molar-refractivity contribution in [2.75, 3.05) is 5.32 Å². The van der Waals surface area contributed by atoms with E-state index in [1.807, 2.05) is 6.07 Å². The quantitative estimate of drug-likeness (QED) is 0.352. The number of rotatable bonds is 9. The van der Waals surface area contributed by atoms with E-state index in [4.69, 9.17) is 23.2 Å². The zero-order valence-corrected chi connectivity index (χ0v) is 19.0. The minimum absolute atomic E-state index is 0.171. The number of nitrogens with zero attached hydrogens (tertiary/aromatic N) is 1. The van der Waals surface area contributed by atoms with Gasteiger partial charge in [0.15, 0.2) is 0 Å². The van der Waals surface area contributed by atoms with Crippen molar-refractivity contribution in [3.63, 3.8) is 0 Å². The van der Waals surface area contributed by atoms with Gasteiger partial charge in [0.05, 0.1) is 21.2 Å². The lowest BCUT2D eigenvalue weighted by molar-refractivity contribution is 0.102. The van der Waals surface area contributed by atoms with Crippen molar-refractivity contribution in [2.45, 2.75) is 52.0 Å². The molecule has 7 heteroatoms. The molecule has 0 spiro atoms. The average molecular weight is 461 g/mol. The monoisotopic (exact) mass is 460 g/mol. The Bertz CT molecular complexity index is 1140. The molecule has 0 bridgehead atoms. The van der Waals surface area contributed by atoms with Gasteiger partial charge in [-0.25, -0.2) is 0 Å². The molecule has 0 unspecified atom stereocenters. The van der Waals surface area contributed by atoms with Gasteiger partial charge in [0.1, 0.15) is 11.3 Å². The predicted octanol–water partition coefficient (Wildman–Crippen LogP) is 6.63. The van der Waals surface area contributed by atoms with E-state index in [-0.39, 0.29) is 27.0 Å². The Morgan fingerprint density at radius 3 is 2.48 bits per heavy atom. The number of halogens is 2. The molecule has 0 aliphatic heterocycles. The summed E-state index contributed by atoms with van der Waals surface area (Å²) in [6.45, 7) is 2.65. The molecule has 0 aliphatic carbocycles. The molecular weight excluding hydrogens is 435 g/mol. The number of carbonyl (C=O) groups excluding carboxylic acids is 1. The number of anilines is 1. The van der Waals surface area contributed by atoms with Crippen molar-refractivity contribution in [1.29, 1.82) is 0 Å². The van der Waals surface area contributed by atoms with Crippen molar-refractivity contribution >= 4 is 45.7 Å². The Morgan fingerprint density at radius 2 is 1.71 bits per heavy atom. The molecule has 1 aromatic heterocycles. The number of hydrogen-bond donors (Lipinski definition) is 2. The van der Waals surface area contributed by atoms with Crippen LogP contribution in [-0.2, 0) is 6.54 Å². The minimum Gasteiger partial charge on any atom is -0.506 e. The van der Waals surface area contributed by atoms with Gasteiger partial charge < -0.3 is 15.0 Å². The van der Waals surface area contributed by atoms with E-state index in [1.54, 1.807) is 41.0 Å². The van der Waals surface area contributed by atoms with Crippen LogP contribution < -0.4 is 10.9 Å². The van der Waals surface area contributed by atoms with Crippen LogP contribution >= 0.6 is 23.2 Å². The number of fused-ring (bicyclic) bond motifs is 1. The second-order valence-corrected chi connectivity index (χ2v) is 8.31. The second-order valence-electron chi connectivity index (χ2n) is 7.52. The number of pyridine rings is 1. The van der Waals surface area contributed by atoms with E-state index in [0.717, 1.165) is 19.3 Å². The van der Waals surface area contributed by atoms with Gasteiger partial charge in [-0.3, -0.25) is 9.59 Å². The number of para-hydroxylation sites is 1. The first-order chi connectivity index (χ1) is 15.0. The first-order valence-corrected chi connectivity index (χ1v) is 11.3. The lowest BCUT2D eigenvalue weighted by atomic mass is 10.1. The van der Waals surface area contributed by atoms with Crippen LogP contribution in [0.4, 0.5) is 5.69 Å². The highest BCUT2D eigenvalue weighted by molar-refractivity contribution is 6.44. The molecule has 2 N–H and O–H groups in total. The van der Waals surface area contributed by atoms with E-state index in [1.165, 1.54) is 19.3 Å². The number of hydrogen-bond acceptors (Lipinski definition) is 3. The Morgan fingerprint density at radius 1 is 1.00 bits per heavy atom. The normalized spacial score (nSPS) is 11.1. The minimum atomic E-state index is -0.728. The van der Waals surface area contributed by atoms with E-state index < -0.39 is 11.5 Å². The standard InChI is InChI=1S/C24H26Cl2N2O3/c1-2-3-4-5-6-9-15-28-19-14-8-7-11-16(19)22(29)20(24(28)31)23(30)27-18-13-10-12-17(25)21(18)26/h7-8,10-14,29H,2-6,9,15H2,1H3,(H,27,30). The third-order valence-corrected chi connectivity index (χ3v) is 6.13. The van der Waals surface area contributed by atoms with Crippen LogP contribution in [0.25, 0.3) is 10.9 Å². The van der Waals surface area contributed by atoms with E-state index in [9.17, 15) is 14.7 Å². The molecule has 0 radical (unpaired) electrons. The number of unbranched alkanes of at least 4 members (excludes halogenated alkanes) is 5. The van der Waals surface area contributed by atoms with E-state index in [0.29, 0.717) is 17.4 Å². The van der Waals surface area contributed by atoms with E-state index >= 15 is 0 Å². The maximum atomic E-state index is 13.2. The third-order valence-electron chi connectivity index (χ3n) is 5.31. The summed E-state index contributed by atoms with van der Waals surface area (Å²) < 4.78 is 1.57. The van der Waals surface area contributed by atoms with Crippen LogP contribution in [-0.4, -0.2) is 15.6 Å². The summed E-state index contributed by atoms with van der Waals surface area (Å²) in [5, 5.41) is 14.3. The zero-order valence-electron chi connectivity index (χ0n) is 17.5. The van der Waals surface area contributed by atoms with Crippen molar-refractivity contribution in [3.05, 3.63) is 68.4 Å². The molecule has 2 aromatic carbocycles. The van der Waals surface area contributed by atoms with Gasteiger partial charge in [-0.2, -0.15) is 0 Å². The summed E-state index contributed by atoms with van der Waals surface area (Å²) in [7, 11) is 0. The van der Waals surface area contributed by atoms with Crippen molar-refractivity contribution in [3.8, 4) is 5.75 Å². The molecule has 1 amide bonds. The van der Waals surface area contributed by atoms with Gasteiger partial charge in [-0.1, -0.05) is 80.4 Å². The van der Waals surface area contributed by atoms with Gasteiger partial charge in [-0.15, -0.1) is 0 Å². The molecule has 164 valence electrons. The van der Waals surface area contributed by atoms with Crippen LogP contribution in [0.2, 0.25) is 10.0 Å². The van der Waals surface area contributed by atoms with Gasteiger partial charge in [0.2, 0.25) is 0 Å². The third kappa shape index (κ3) is 5.23. The topological polar surface area (TPSA) is 71.3 Å². The molecule has 1 heterocycles. The lowest BCUT2D eigenvalue weighted by Gasteiger charge is -2.15. The first kappa shape index (κ1) is 23.2. The number of aromatic hydroxyl groups is 1. The Labute approximate surface area is 191 Å². The average Bonchev–Trinajstić information content (AvgIpc) is 2.76. The fourth-order valence-corrected chi connectivity index (χ4v) is 4.00. The smallest absolute Gasteiger partial charge is 0.267 e. The molecule has 3 rings (SSSR count). The number of nitrogens with one attached hydrogen (secondary N) is 1. The lowest BCUT2D eigenvalue weighted by Crippen LogP contribution is -2.30. The predicted molar refractivity (Wildman–Crippen MR) is 128 cm³/mol. The highest BCUT2D eigenvalue weighted by Gasteiger charge is 2.23. The number of benzene rings is 2. The summed E-state index contributed by atoms with van der Waals surface area (Å²) in [5.41, 5.74) is 0.0469. The van der Waals surface area contributed by atoms with Gasteiger partial charge >= 0.3 is 0 Å². The highest BCUT2D eigenvalue weighted by atomic mass is 35.5. The Kier molecular flexibility index (Phi) is 7.99. The van der Waals surface area contributed by atoms with Crippen LogP contribution in [0, 0.1) is 0 Å². The van der Waals surface area contributed by atoms with Crippen molar-refractivity contribution < 1.29 is 9.90 Å². The second kappa shape index (κ2) is 10.7. The highest BCUT2D eigenvalue weighted by Crippen LogP contribution is 2.31. The Balaban J connectivity index is 1.95. The van der Waals surface area contributed by atoms with Crippen LogP contribution in [0.15, 0.2) is 47.3 Å². The van der Waals surface area contributed by atoms with E-state index in [2.05, 4.69) is 12.2 Å². The summed E-state index contributed by atoms with van der Waals surface area (Å²) in [5.74, 6) is -1.07. The van der Waals surface area contributed by atoms with Crippen LogP contribution in [0.5, 0.6) is 5.75 Å². The fraction of sp³-hybridized carbons (Fsp3) is 0.333. The molecule has 0 aliphatic rings. The summed E-state index contributed by atoms with van der Waals surface area (Å²) in [6.07, 6.45) is 6.49. The zero-order chi connectivity index (χ0) is 22.4. The molecular formula is C24H26Cl2N2O3. The molecule has 0 atom stereocenters. The molecule has 5 nitrogen and oxygen atoms in total. The van der Waals surface area contributed by atoms with Crippen molar-refractivity contribution in [2.24, 2.45) is 0 Å². The fourth-order valence-electron chi connectivity index (χ4n) is 3.65. The maximum absolute atomic E-state index is 13.2. The Hall–Kier alpha value is -2.50. The van der Waals surface area contributed by atoms with Crippen LogP contribution in [0.3, 0.4) is 0 Å². The van der Waals surface area contributed by atoms with Gasteiger partial charge in [-0.05, 0) is 30.7 Å². The summed E-state index contributed by atoms with van der Waals surface area (Å²) in [4.78, 5) is 26.2.